The molecule has 0 radical (unpaired) electrons. The Morgan fingerprint density at radius 3 is 2.81 bits per heavy atom. The van der Waals surface area contributed by atoms with Crippen LogP contribution in [0.2, 0.25) is 0 Å². The zero-order valence-corrected chi connectivity index (χ0v) is 11.8. The quantitative estimate of drug-likeness (QED) is 0.900. The molecule has 1 aromatic carbocycles. The van der Waals surface area contributed by atoms with Gasteiger partial charge in [0.2, 0.25) is 5.91 Å². The largest absolute Gasteiger partial charge is 0.481 e. The van der Waals surface area contributed by atoms with Crippen LogP contribution in [0.1, 0.15) is 24.4 Å². The third kappa shape index (κ3) is 3.21. The minimum Gasteiger partial charge on any atom is -0.481 e. The first-order valence-corrected chi connectivity index (χ1v) is 6.82. The van der Waals surface area contributed by atoms with E-state index in [9.17, 15) is 19.1 Å². The molecule has 1 aliphatic heterocycles. The number of aliphatic carboxylic acids is 1. The van der Waals surface area contributed by atoms with E-state index >= 15 is 0 Å². The zero-order valence-electron chi connectivity index (χ0n) is 11.8. The number of halogens is 1. The lowest BCUT2D eigenvalue weighted by Crippen LogP contribution is -2.46. The number of likely N-dealkylation sites (tertiary alicyclic amines) is 1. The van der Waals surface area contributed by atoms with Gasteiger partial charge in [-0.05, 0) is 12.5 Å². The van der Waals surface area contributed by atoms with Crippen molar-refractivity contribution in [2.75, 3.05) is 20.3 Å². The number of ether oxygens (including phenoxy) is 1. The third-order valence-electron chi connectivity index (χ3n) is 3.78. The molecule has 5 nitrogen and oxygen atoms in total. The van der Waals surface area contributed by atoms with Crippen molar-refractivity contribution in [1.82, 2.24) is 4.90 Å². The maximum absolute atomic E-state index is 14.1. The van der Waals surface area contributed by atoms with Crippen molar-refractivity contribution in [3.05, 3.63) is 35.6 Å². The Morgan fingerprint density at radius 2 is 2.19 bits per heavy atom. The molecule has 1 heterocycles. The van der Waals surface area contributed by atoms with Gasteiger partial charge in [-0.15, -0.1) is 0 Å². The van der Waals surface area contributed by atoms with Crippen LogP contribution in [0.3, 0.4) is 0 Å². The maximum atomic E-state index is 14.1. The summed E-state index contributed by atoms with van der Waals surface area (Å²) in [4.78, 5) is 25.0. The molecular weight excluding hydrogens is 277 g/mol. The van der Waals surface area contributed by atoms with Gasteiger partial charge < -0.3 is 14.7 Å². The number of rotatable bonds is 5. The van der Waals surface area contributed by atoms with Gasteiger partial charge in [0.25, 0.3) is 0 Å². The van der Waals surface area contributed by atoms with Crippen molar-refractivity contribution in [3.63, 3.8) is 0 Å². The van der Waals surface area contributed by atoms with Crippen LogP contribution in [0.4, 0.5) is 4.39 Å². The van der Waals surface area contributed by atoms with Gasteiger partial charge in [-0.2, -0.15) is 0 Å². The first-order valence-electron chi connectivity index (χ1n) is 6.82. The predicted molar refractivity (Wildman–Crippen MR) is 73.1 cm³/mol. The topological polar surface area (TPSA) is 66.8 Å². The highest BCUT2D eigenvalue weighted by Gasteiger charge is 2.41. The molecule has 114 valence electrons. The Morgan fingerprint density at radius 1 is 1.48 bits per heavy atom. The number of benzene rings is 1. The van der Waals surface area contributed by atoms with Crippen LogP contribution < -0.4 is 0 Å². The summed E-state index contributed by atoms with van der Waals surface area (Å²) >= 11 is 0. The van der Waals surface area contributed by atoms with Crippen LogP contribution in [0.15, 0.2) is 24.3 Å². The molecule has 1 aliphatic rings. The minimum absolute atomic E-state index is 0.158. The van der Waals surface area contributed by atoms with E-state index in [2.05, 4.69) is 0 Å². The van der Waals surface area contributed by atoms with E-state index in [1.807, 2.05) is 0 Å². The summed E-state index contributed by atoms with van der Waals surface area (Å²) in [5, 5.41) is 9.40. The molecule has 2 atom stereocenters. The summed E-state index contributed by atoms with van der Waals surface area (Å²) in [7, 11) is 1.50. The molecule has 1 amide bonds. The lowest BCUT2D eigenvalue weighted by atomic mass is 9.84. The Bertz CT molecular complexity index is 534. The molecule has 0 unspecified atom stereocenters. The van der Waals surface area contributed by atoms with Gasteiger partial charge in [0.15, 0.2) is 0 Å². The molecule has 0 aliphatic carbocycles. The van der Waals surface area contributed by atoms with Crippen molar-refractivity contribution in [3.8, 4) is 0 Å². The van der Waals surface area contributed by atoms with E-state index in [1.54, 1.807) is 12.1 Å². The van der Waals surface area contributed by atoms with Gasteiger partial charge in [-0.1, -0.05) is 18.2 Å². The monoisotopic (exact) mass is 295 g/mol. The number of carbonyl (C=O) groups is 2. The highest BCUT2D eigenvalue weighted by atomic mass is 19.1. The molecule has 0 saturated carbocycles. The van der Waals surface area contributed by atoms with E-state index in [4.69, 9.17) is 4.74 Å². The van der Waals surface area contributed by atoms with Gasteiger partial charge in [0, 0.05) is 25.6 Å². The number of methoxy groups -OCH3 is 1. The highest BCUT2D eigenvalue weighted by Crippen LogP contribution is 2.37. The molecule has 0 bridgehead atoms. The Hall–Kier alpha value is -1.95. The molecule has 21 heavy (non-hydrogen) atoms. The number of carbonyl (C=O) groups excluding carboxylic acids is 1. The summed E-state index contributed by atoms with van der Waals surface area (Å²) < 4.78 is 19.0. The third-order valence-corrected chi connectivity index (χ3v) is 3.78. The predicted octanol–water partition coefficient (Wildman–Crippen LogP) is 1.84. The normalized spacial score (nSPS) is 22.4. The summed E-state index contributed by atoms with van der Waals surface area (Å²) in [6, 6.07) is 5.21. The van der Waals surface area contributed by atoms with Crippen molar-refractivity contribution >= 4 is 11.9 Å². The highest BCUT2D eigenvalue weighted by molar-refractivity contribution is 5.81. The summed E-state index contributed by atoms with van der Waals surface area (Å²) in [5.74, 6) is -2.49. The van der Waals surface area contributed by atoms with Gasteiger partial charge in [0.1, 0.15) is 5.82 Å². The van der Waals surface area contributed by atoms with Crippen molar-refractivity contribution in [2.24, 2.45) is 5.92 Å². The van der Waals surface area contributed by atoms with E-state index in [0.717, 1.165) is 0 Å². The molecule has 1 fully saturated rings. The fraction of sp³-hybridized carbons (Fsp3) is 0.467. The van der Waals surface area contributed by atoms with Crippen molar-refractivity contribution in [1.29, 1.82) is 0 Å². The number of hydrogen-bond donors (Lipinski definition) is 1. The average molecular weight is 295 g/mol. The Balaban J connectivity index is 2.41. The first-order chi connectivity index (χ1) is 10.1. The Labute approximate surface area is 122 Å². The van der Waals surface area contributed by atoms with Crippen LogP contribution in [0.5, 0.6) is 0 Å². The van der Waals surface area contributed by atoms with E-state index in [0.29, 0.717) is 0 Å². The van der Waals surface area contributed by atoms with Gasteiger partial charge >= 0.3 is 5.97 Å². The molecule has 0 spiro atoms. The number of nitrogens with zero attached hydrogens (tertiary/aromatic N) is 1. The van der Waals surface area contributed by atoms with Crippen LogP contribution in [-0.4, -0.2) is 42.1 Å². The Kier molecular flexibility index (Phi) is 4.90. The van der Waals surface area contributed by atoms with Gasteiger partial charge in [0.05, 0.1) is 18.6 Å². The molecule has 1 saturated heterocycles. The number of amides is 1. The van der Waals surface area contributed by atoms with E-state index in [-0.39, 0.29) is 37.5 Å². The van der Waals surface area contributed by atoms with Crippen LogP contribution in [0, 0.1) is 11.7 Å². The number of carboxylic acid groups (broad SMARTS) is 1. The molecule has 6 heteroatoms. The fourth-order valence-electron chi connectivity index (χ4n) is 2.76. The van der Waals surface area contributed by atoms with Crippen LogP contribution in [0.25, 0.3) is 0 Å². The molecule has 0 aromatic heterocycles. The molecule has 2 rings (SSSR count). The average Bonchev–Trinajstić information content (AvgIpc) is 2.46. The number of piperidine rings is 1. The van der Waals surface area contributed by atoms with Crippen molar-refractivity contribution < 1.29 is 23.8 Å². The second-order valence-electron chi connectivity index (χ2n) is 5.03. The second kappa shape index (κ2) is 6.67. The SMILES string of the molecule is COCCN1C(=O)CC[C@@H](C(=O)O)[C@@H]1c1ccccc1F. The number of carboxylic acids is 1. The number of hydrogen-bond acceptors (Lipinski definition) is 3. The van der Waals surface area contributed by atoms with E-state index < -0.39 is 23.7 Å². The standard InChI is InChI=1S/C15H18FNO4/c1-21-9-8-17-13(18)7-6-11(15(19)20)14(17)10-4-2-3-5-12(10)16/h2-5,11,14H,6-9H2,1H3,(H,19,20)/t11-,14+/m1/s1. The summed E-state index contributed by atoms with van der Waals surface area (Å²) in [6.07, 6.45) is 0.377. The maximum Gasteiger partial charge on any atom is 0.308 e. The van der Waals surface area contributed by atoms with Gasteiger partial charge in [-0.25, -0.2) is 4.39 Å². The van der Waals surface area contributed by atoms with Crippen molar-refractivity contribution in [2.45, 2.75) is 18.9 Å². The minimum atomic E-state index is -1.02. The molecule has 1 aromatic rings. The molecule has 1 N–H and O–H groups in total. The first kappa shape index (κ1) is 15.4. The lowest BCUT2D eigenvalue weighted by molar-refractivity contribution is -0.152. The summed E-state index contributed by atoms with van der Waals surface area (Å²) in [6.45, 7) is 0.529. The fourth-order valence-corrected chi connectivity index (χ4v) is 2.76. The van der Waals surface area contributed by atoms with Gasteiger partial charge in [-0.3, -0.25) is 9.59 Å². The summed E-state index contributed by atoms with van der Waals surface area (Å²) in [5.41, 5.74) is 0.244. The lowest BCUT2D eigenvalue weighted by Gasteiger charge is -2.39. The zero-order chi connectivity index (χ0) is 15.4. The van der Waals surface area contributed by atoms with E-state index in [1.165, 1.54) is 24.1 Å². The van der Waals surface area contributed by atoms with Crippen LogP contribution in [-0.2, 0) is 14.3 Å². The smallest absolute Gasteiger partial charge is 0.308 e. The molecular formula is C15H18FNO4. The second-order valence-corrected chi connectivity index (χ2v) is 5.03. The van der Waals surface area contributed by atoms with Crippen LogP contribution >= 0.6 is 0 Å².